The Morgan fingerprint density at radius 3 is 2.56 bits per heavy atom. The molecule has 3 aromatic rings. The summed E-state index contributed by atoms with van der Waals surface area (Å²) in [6.07, 6.45) is 0.296. The van der Waals surface area contributed by atoms with Gasteiger partial charge in [-0.25, -0.2) is 4.98 Å². The van der Waals surface area contributed by atoms with Crippen molar-refractivity contribution in [2.45, 2.75) is 34.1 Å². The Kier molecular flexibility index (Phi) is 5.00. The van der Waals surface area contributed by atoms with Crippen LogP contribution in [-0.4, -0.2) is 10.9 Å². The summed E-state index contributed by atoms with van der Waals surface area (Å²) < 4.78 is 0. The predicted molar refractivity (Wildman–Crippen MR) is 105 cm³/mol. The van der Waals surface area contributed by atoms with Gasteiger partial charge in [-0.05, 0) is 51.0 Å². The number of carbonyl (C=O) groups excluding carboxylic acids is 1. The summed E-state index contributed by atoms with van der Waals surface area (Å²) in [6, 6.07) is 14.2. The lowest BCUT2D eigenvalue weighted by molar-refractivity contribution is -0.115. The topological polar surface area (TPSA) is 42.0 Å². The van der Waals surface area contributed by atoms with Crippen molar-refractivity contribution in [3.63, 3.8) is 0 Å². The van der Waals surface area contributed by atoms with Crippen molar-refractivity contribution in [1.82, 2.24) is 4.98 Å². The van der Waals surface area contributed by atoms with Crippen LogP contribution in [0.15, 0.2) is 42.5 Å². The Morgan fingerprint density at radius 1 is 1.04 bits per heavy atom. The Hall–Kier alpha value is -2.46. The molecule has 0 saturated carbocycles. The summed E-state index contributed by atoms with van der Waals surface area (Å²) in [5.41, 5.74) is 6.48. The molecule has 2 aromatic carbocycles. The van der Waals surface area contributed by atoms with E-state index in [2.05, 4.69) is 44.3 Å². The second kappa shape index (κ2) is 7.19. The molecule has 0 fully saturated rings. The molecule has 0 atom stereocenters. The van der Waals surface area contributed by atoms with E-state index in [1.807, 2.05) is 31.2 Å². The molecule has 25 heavy (non-hydrogen) atoms. The number of aromatic nitrogens is 1. The lowest BCUT2D eigenvalue weighted by Crippen LogP contribution is -2.14. The number of rotatable bonds is 4. The normalized spacial score (nSPS) is 10.7. The third-order valence-electron chi connectivity index (χ3n) is 4.22. The third-order valence-corrected chi connectivity index (χ3v) is 5.19. The number of nitrogens with one attached hydrogen (secondary N) is 1. The van der Waals surface area contributed by atoms with Crippen LogP contribution in [0.25, 0.3) is 11.3 Å². The number of carbonyl (C=O) groups is 1. The summed E-state index contributed by atoms with van der Waals surface area (Å²) in [5.74, 6) is -0.0319. The zero-order chi connectivity index (χ0) is 18.0. The van der Waals surface area contributed by atoms with Crippen molar-refractivity contribution in [2.75, 3.05) is 5.32 Å². The number of amides is 1. The molecule has 0 aliphatic carbocycles. The van der Waals surface area contributed by atoms with Crippen molar-refractivity contribution in [3.8, 4) is 11.3 Å². The molecular weight excluding hydrogens is 328 g/mol. The van der Waals surface area contributed by atoms with E-state index in [1.54, 1.807) is 11.3 Å². The molecule has 1 aromatic heterocycles. The van der Waals surface area contributed by atoms with Gasteiger partial charge in [0.15, 0.2) is 0 Å². The molecule has 0 aliphatic heterocycles. The van der Waals surface area contributed by atoms with Gasteiger partial charge in [0, 0.05) is 16.1 Å². The van der Waals surface area contributed by atoms with Crippen LogP contribution in [0.5, 0.6) is 0 Å². The van der Waals surface area contributed by atoms with E-state index in [0.717, 1.165) is 32.4 Å². The van der Waals surface area contributed by atoms with E-state index < -0.39 is 0 Å². The van der Waals surface area contributed by atoms with Crippen molar-refractivity contribution >= 4 is 22.9 Å². The van der Waals surface area contributed by atoms with Crippen molar-refractivity contribution < 1.29 is 4.79 Å². The highest BCUT2D eigenvalue weighted by Gasteiger charge is 2.15. The van der Waals surface area contributed by atoms with Gasteiger partial charge in [-0.3, -0.25) is 4.79 Å². The Bertz CT molecular complexity index is 927. The molecule has 1 heterocycles. The zero-order valence-corrected chi connectivity index (χ0v) is 15.8. The summed E-state index contributed by atoms with van der Waals surface area (Å²) in [6.45, 7) is 8.23. The highest BCUT2D eigenvalue weighted by Crippen LogP contribution is 2.31. The van der Waals surface area contributed by atoms with Crippen LogP contribution in [-0.2, 0) is 11.2 Å². The average molecular weight is 350 g/mol. The van der Waals surface area contributed by atoms with Gasteiger partial charge < -0.3 is 5.32 Å². The van der Waals surface area contributed by atoms with Crippen LogP contribution in [0, 0.1) is 27.7 Å². The monoisotopic (exact) mass is 350 g/mol. The molecule has 1 N–H and O–H groups in total. The number of para-hydroxylation sites is 1. The van der Waals surface area contributed by atoms with Crippen LogP contribution < -0.4 is 5.32 Å². The molecule has 0 radical (unpaired) electrons. The zero-order valence-electron chi connectivity index (χ0n) is 15.0. The largest absolute Gasteiger partial charge is 0.325 e. The molecule has 3 nitrogen and oxygen atoms in total. The second-order valence-corrected chi connectivity index (χ2v) is 7.66. The SMILES string of the molecule is Cc1ccc(C)c(-c2nc(CC(=O)Nc3ccccc3C)sc2C)c1. The van der Waals surface area contributed by atoms with Gasteiger partial charge in [-0.15, -0.1) is 11.3 Å². The number of hydrogen-bond donors (Lipinski definition) is 1. The molecule has 4 heteroatoms. The van der Waals surface area contributed by atoms with Gasteiger partial charge in [0.2, 0.25) is 5.91 Å². The summed E-state index contributed by atoms with van der Waals surface area (Å²) >= 11 is 1.59. The fourth-order valence-corrected chi connectivity index (χ4v) is 3.76. The van der Waals surface area contributed by atoms with E-state index >= 15 is 0 Å². The minimum atomic E-state index is -0.0319. The Labute approximate surface area is 152 Å². The molecule has 1 amide bonds. The van der Waals surface area contributed by atoms with Gasteiger partial charge in [0.25, 0.3) is 0 Å². The fraction of sp³-hybridized carbons (Fsp3) is 0.238. The van der Waals surface area contributed by atoms with E-state index in [0.29, 0.717) is 6.42 Å². The number of aryl methyl sites for hydroxylation is 4. The van der Waals surface area contributed by atoms with Crippen molar-refractivity contribution in [2.24, 2.45) is 0 Å². The predicted octanol–water partition coefficient (Wildman–Crippen LogP) is 5.22. The van der Waals surface area contributed by atoms with Crippen LogP contribution in [0.2, 0.25) is 0 Å². The molecule has 0 spiro atoms. The first-order valence-electron chi connectivity index (χ1n) is 8.33. The maximum Gasteiger partial charge on any atom is 0.231 e. The van der Waals surface area contributed by atoms with Crippen LogP contribution in [0.1, 0.15) is 26.6 Å². The quantitative estimate of drug-likeness (QED) is 0.700. The fourth-order valence-electron chi connectivity index (χ4n) is 2.81. The van der Waals surface area contributed by atoms with Gasteiger partial charge in [0.1, 0.15) is 5.01 Å². The van der Waals surface area contributed by atoms with Gasteiger partial charge in [0.05, 0.1) is 12.1 Å². The van der Waals surface area contributed by atoms with Gasteiger partial charge in [-0.1, -0.05) is 35.9 Å². The van der Waals surface area contributed by atoms with Crippen molar-refractivity contribution in [1.29, 1.82) is 0 Å². The molecule has 0 unspecified atom stereocenters. The Morgan fingerprint density at radius 2 is 1.80 bits per heavy atom. The first kappa shape index (κ1) is 17.4. The molecule has 128 valence electrons. The lowest BCUT2D eigenvalue weighted by atomic mass is 10.0. The first-order chi connectivity index (χ1) is 11.9. The van der Waals surface area contributed by atoms with E-state index in [4.69, 9.17) is 4.98 Å². The maximum absolute atomic E-state index is 12.4. The molecule has 3 rings (SSSR count). The number of thiazole rings is 1. The summed E-state index contributed by atoms with van der Waals surface area (Å²) in [7, 11) is 0. The molecule has 0 saturated heterocycles. The number of anilines is 1. The minimum absolute atomic E-state index is 0.0319. The van der Waals surface area contributed by atoms with Gasteiger partial charge in [-0.2, -0.15) is 0 Å². The smallest absolute Gasteiger partial charge is 0.231 e. The average Bonchev–Trinajstić information content (AvgIpc) is 2.92. The van der Waals surface area contributed by atoms with E-state index in [9.17, 15) is 4.79 Å². The molecule has 0 bridgehead atoms. The molecule has 0 aliphatic rings. The summed E-state index contributed by atoms with van der Waals surface area (Å²) in [5, 5.41) is 3.82. The second-order valence-electron chi connectivity index (χ2n) is 6.37. The first-order valence-corrected chi connectivity index (χ1v) is 9.15. The highest BCUT2D eigenvalue weighted by atomic mass is 32.1. The lowest BCUT2D eigenvalue weighted by Gasteiger charge is -2.07. The highest BCUT2D eigenvalue weighted by molar-refractivity contribution is 7.12. The van der Waals surface area contributed by atoms with Crippen LogP contribution in [0.4, 0.5) is 5.69 Å². The van der Waals surface area contributed by atoms with Gasteiger partial charge >= 0.3 is 0 Å². The van der Waals surface area contributed by atoms with Crippen LogP contribution >= 0.6 is 11.3 Å². The van der Waals surface area contributed by atoms with Crippen LogP contribution in [0.3, 0.4) is 0 Å². The number of hydrogen-bond acceptors (Lipinski definition) is 3. The van der Waals surface area contributed by atoms with E-state index in [-0.39, 0.29) is 5.91 Å². The molecular formula is C21H22N2OS. The maximum atomic E-state index is 12.4. The van der Waals surface area contributed by atoms with Crippen molar-refractivity contribution in [3.05, 3.63) is 69.0 Å². The Balaban J connectivity index is 1.80. The summed E-state index contributed by atoms with van der Waals surface area (Å²) in [4.78, 5) is 18.3. The van der Waals surface area contributed by atoms with E-state index in [1.165, 1.54) is 11.1 Å². The number of benzene rings is 2. The standard InChI is InChI=1S/C21H22N2OS/c1-13-9-10-14(2)17(11-13)21-16(4)25-20(23-21)12-19(24)22-18-8-6-5-7-15(18)3/h5-11H,12H2,1-4H3,(H,22,24). The number of nitrogens with zero attached hydrogens (tertiary/aromatic N) is 1. The minimum Gasteiger partial charge on any atom is -0.325 e. The third kappa shape index (κ3) is 3.97.